The van der Waals surface area contributed by atoms with Gasteiger partial charge >= 0.3 is 0 Å². The fourth-order valence-corrected chi connectivity index (χ4v) is 2.24. The fraction of sp³-hybridized carbons (Fsp3) is 0.500. The summed E-state index contributed by atoms with van der Waals surface area (Å²) in [6, 6.07) is 10.4. The zero-order chi connectivity index (χ0) is 10.0. The monoisotopic (exact) mass is 191 g/mol. The Balaban J connectivity index is 2.31. The molecule has 0 aromatic heterocycles. The lowest BCUT2D eigenvalue weighted by Crippen LogP contribution is -2.33. The molecule has 1 heterocycles. The third-order valence-electron chi connectivity index (χ3n) is 3.28. The molecule has 1 aliphatic rings. The van der Waals surface area contributed by atoms with Crippen LogP contribution in [0.15, 0.2) is 30.3 Å². The minimum absolute atomic E-state index is 0.171. The summed E-state index contributed by atoms with van der Waals surface area (Å²) in [6.45, 7) is 3.67. The van der Waals surface area contributed by atoms with E-state index in [1.165, 1.54) is 5.56 Å². The number of ether oxygens (including phenoxy) is 1. The molecule has 0 amide bonds. The average molecular weight is 191 g/mol. The molecule has 2 N–H and O–H groups in total. The lowest BCUT2D eigenvalue weighted by molar-refractivity contribution is -0.00791. The van der Waals surface area contributed by atoms with Crippen molar-refractivity contribution in [3.8, 4) is 0 Å². The van der Waals surface area contributed by atoms with Gasteiger partial charge in [-0.05, 0) is 25.5 Å². The minimum atomic E-state index is -0.171. The van der Waals surface area contributed by atoms with Crippen LogP contribution in [-0.2, 0) is 10.3 Å². The number of hydrogen-bond donors (Lipinski definition) is 1. The van der Waals surface area contributed by atoms with Crippen molar-refractivity contribution in [1.29, 1.82) is 0 Å². The molecular formula is C12H17NO. The Kier molecular flexibility index (Phi) is 2.57. The molecule has 0 spiro atoms. The molecule has 1 aliphatic heterocycles. The van der Waals surface area contributed by atoms with E-state index >= 15 is 0 Å². The largest absolute Gasteiger partial charge is 0.370 e. The first-order chi connectivity index (χ1) is 6.77. The van der Waals surface area contributed by atoms with Crippen LogP contribution >= 0.6 is 0 Å². The van der Waals surface area contributed by atoms with Crippen molar-refractivity contribution in [3.63, 3.8) is 0 Å². The molecule has 0 saturated carbocycles. The van der Waals surface area contributed by atoms with Gasteiger partial charge in [0.1, 0.15) is 0 Å². The topological polar surface area (TPSA) is 35.2 Å². The maximum absolute atomic E-state index is 5.85. The molecule has 2 unspecified atom stereocenters. The smallest absolute Gasteiger partial charge is 0.0944 e. The third kappa shape index (κ3) is 1.45. The first-order valence-electron chi connectivity index (χ1n) is 5.17. The average Bonchev–Trinajstić information content (AvgIpc) is 2.62. The second-order valence-corrected chi connectivity index (χ2v) is 4.04. The molecule has 0 bridgehead atoms. The molecule has 1 fully saturated rings. The second kappa shape index (κ2) is 3.71. The van der Waals surface area contributed by atoms with E-state index in [9.17, 15) is 0 Å². The summed E-state index contributed by atoms with van der Waals surface area (Å²) in [4.78, 5) is 0. The maximum atomic E-state index is 5.85. The quantitative estimate of drug-likeness (QED) is 0.775. The molecule has 0 aliphatic carbocycles. The van der Waals surface area contributed by atoms with Gasteiger partial charge in [-0.1, -0.05) is 30.3 Å². The van der Waals surface area contributed by atoms with Gasteiger partial charge in [-0.15, -0.1) is 0 Å². The summed E-state index contributed by atoms with van der Waals surface area (Å²) in [6.07, 6.45) is 1.07. The van der Waals surface area contributed by atoms with Crippen LogP contribution < -0.4 is 5.73 Å². The molecule has 2 rings (SSSR count). The highest BCUT2D eigenvalue weighted by Gasteiger charge is 2.40. The summed E-state index contributed by atoms with van der Waals surface area (Å²) < 4.78 is 5.85. The van der Waals surface area contributed by atoms with Gasteiger partial charge in [-0.25, -0.2) is 0 Å². The van der Waals surface area contributed by atoms with Crippen molar-refractivity contribution in [2.75, 3.05) is 13.2 Å². The normalized spacial score (nSPS) is 32.0. The number of nitrogens with two attached hydrogens (primary N) is 1. The first-order valence-corrected chi connectivity index (χ1v) is 5.17. The van der Waals surface area contributed by atoms with Crippen molar-refractivity contribution >= 4 is 0 Å². The van der Waals surface area contributed by atoms with Crippen LogP contribution in [0.1, 0.15) is 18.9 Å². The Bertz CT molecular complexity index is 298. The van der Waals surface area contributed by atoms with E-state index in [-0.39, 0.29) is 5.60 Å². The molecule has 2 atom stereocenters. The summed E-state index contributed by atoms with van der Waals surface area (Å²) >= 11 is 0. The Morgan fingerprint density at radius 1 is 1.43 bits per heavy atom. The van der Waals surface area contributed by atoms with E-state index in [0.717, 1.165) is 13.0 Å². The van der Waals surface area contributed by atoms with Gasteiger partial charge in [0.05, 0.1) is 5.60 Å². The van der Waals surface area contributed by atoms with Crippen molar-refractivity contribution in [1.82, 2.24) is 0 Å². The van der Waals surface area contributed by atoms with Crippen molar-refractivity contribution in [2.24, 2.45) is 11.7 Å². The summed E-state index contributed by atoms with van der Waals surface area (Å²) in [7, 11) is 0. The van der Waals surface area contributed by atoms with Crippen LogP contribution in [0.3, 0.4) is 0 Å². The van der Waals surface area contributed by atoms with Crippen LogP contribution in [0.5, 0.6) is 0 Å². The van der Waals surface area contributed by atoms with Crippen molar-refractivity contribution in [3.05, 3.63) is 35.9 Å². The van der Waals surface area contributed by atoms with E-state index in [4.69, 9.17) is 10.5 Å². The van der Waals surface area contributed by atoms with Gasteiger partial charge in [0, 0.05) is 12.5 Å². The van der Waals surface area contributed by atoms with Gasteiger partial charge in [0.2, 0.25) is 0 Å². The summed E-state index contributed by atoms with van der Waals surface area (Å²) in [5.41, 5.74) is 6.84. The van der Waals surface area contributed by atoms with Crippen molar-refractivity contribution in [2.45, 2.75) is 18.9 Å². The minimum Gasteiger partial charge on any atom is -0.370 e. The SMILES string of the molecule is CC1(c2ccccc2)OCCC1CN. The standard InChI is InChI=1S/C12H17NO/c1-12(10-5-3-2-4-6-10)11(9-13)7-8-14-12/h2-6,11H,7-9,13H2,1H3. The van der Waals surface area contributed by atoms with Gasteiger partial charge < -0.3 is 10.5 Å². The molecule has 0 radical (unpaired) electrons. The number of rotatable bonds is 2. The van der Waals surface area contributed by atoms with E-state index in [2.05, 4.69) is 31.2 Å². The molecule has 1 aromatic rings. The van der Waals surface area contributed by atoms with Crippen molar-refractivity contribution < 1.29 is 4.74 Å². The summed E-state index contributed by atoms with van der Waals surface area (Å²) in [5.74, 6) is 0.449. The molecule has 76 valence electrons. The van der Waals surface area contributed by atoms with Crippen LogP contribution in [0.4, 0.5) is 0 Å². The number of benzene rings is 1. The van der Waals surface area contributed by atoms with Crippen LogP contribution in [0.25, 0.3) is 0 Å². The molecule has 14 heavy (non-hydrogen) atoms. The highest BCUT2D eigenvalue weighted by molar-refractivity contribution is 5.23. The molecule has 1 aromatic carbocycles. The highest BCUT2D eigenvalue weighted by Crippen LogP contribution is 2.39. The van der Waals surface area contributed by atoms with Crippen LogP contribution in [0.2, 0.25) is 0 Å². The zero-order valence-corrected chi connectivity index (χ0v) is 8.57. The lowest BCUT2D eigenvalue weighted by atomic mass is 9.83. The predicted octanol–water partition coefficient (Wildman–Crippen LogP) is 1.90. The Morgan fingerprint density at radius 3 is 2.79 bits per heavy atom. The van der Waals surface area contributed by atoms with E-state index in [0.29, 0.717) is 12.5 Å². The van der Waals surface area contributed by atoms with Gasteiger partial charge in [-0.3, -0.25) is 0 Å². The second-order valence-electron chi connectivity index (χ2n) is 4.04. The molecule has 2 nitrogen and oxygen atoms in total. The van der Waals surface area contributed by atoms with Gasteiger partial charge in [-0.2, -0.15) is 0 Å². The fourth-order valence-electron chi connectivity index (χ4n) is 2.24. The van der Waals surface area contributed by atoms with E-state index in [1.807, 2.05) is 6.07 Å². The Hall–Kier alpha value is -0.860. The van der Waals surface area contributed by atoms with Crippen LogP contribution in [0, 0.1) is 5.92 Å². The van der Waals surface area contributed by atoms with Crippen LogP contribution in [-0.4, -0.2) is 13.2 Å². The first kappa shape index (κ1) is 9.69. The molecule has 2 heteroatoms. The van der Waals surface area contributed by atoms with E-state index < -0.39 is 0 Å². The van der Waals surface area contributed by atoms with Gasteiger partial charge in [0.15, 0.2) is 0 Å². The van der Waals surface area contributed by atoms with E-state index in [1.54, 1.807) is 0 Å². The lowest BCUT2D eigenvalue weighted by Gasteiger charge is -2.30. The summed E-state index contributed by atoms with van der Waals surface area (Å²) in [5, 5.41) is 0. The maximum Gasteiger partial charge on any atom is 0.0944 e. The highest BCUT2D eigenvalue weighted by atomic mass is 16.5. The third-order valence-corrected chi connectivity index (χ3v) is 3.28. The Labute approximate surface area is 85.1 Å². The zero-order valence-electron chi connectivity index (χ0n) is 8.57. The predicted molar refractivity (Wildman–Crippen MR) is 56.9 cm³/mol. The molecule has 1 saturated heterocycles. The molecular weight excluding hydrogens is 174 g/mol. The Morgan fingerprint density at radius 2 is 2.14 bits per heavy atom. The van der Waals surface area contributed by atoms with Gasteiger partial charge in [0.25, 0.3) is 0 Å². The number of hydrogen-bond acceptors (Lipinski definition) is 2.